The minimum Gasteiger partial charge on any atom is -0.378 e. The normalized spacial score (nSPS) is 14.8. The highest BCUT2D eigenvalue weighted by atomic mass is 16.5. The third kappa shape index (κ3) is 2.74. The van der Waals surface area contributed by atoms with Gasteiger partial charge in [-0.25, -0.2) is 9.97 Å². The van der Waals surface area contributed by atoms with Gasteiger partial charge in [0.2, 0.25) is 5.95 Å². The standard InChI is InChI=1S/C19H19N7O/c1-25-15(4-7-22-25)14-12-21-18-16(13-2-5-20-6-3-13)23-19(24-17(14)18)26-8-10-27-11-9-26/h2-7,12,21H,8-11H2,1H3. The van der Waals surface area contributed by atoms with Crippen LogP contribution in [0.3, 0.4) is 0 Å². The average molecular weight is 361 g/mol. The number of pyridine rings is 1. The molecule has 1 saturated heterocycles. The largest absolute Gasteiger partial charge is 0.378 e. The Kier molecular flexibility index (Phi) is 3.83. The number of fused-ring (bicyclic) bond motifs is 1. The van der Waals surface area contributed by atoms with Gasteiger partial charge >= 0.3 is 0 Å². The van der Waals surface area contributed by atoms with Crippen molar-refractivity contribution in [1.82, 2.24) is 29.7 Å². The number of hydrogen-bond acceptors (Lipinski definition) is 6. The van der Waals surface area contributed by atoms with Crippen molar-refractivity contribution in [2.75, 3.05) is 31.2 Å². The molecule has 5 rings (SSSR count). The molecule has 0 saturated carbocycles. The van der Waals surface area contributed by atoms with Crippen molar-refractivity contribution in [3.63, 3.8) is 0 Å². The van der Waals surface area contributed by atoms with Crippen LogP contribution >= 0.6 is 0 Å². The summed E-state index contributed by atoms with van der Waals surface area (Å²) in [6.07, 6.45) is 7.33. The average Bonchev–Trinajstić information content (AvgIpc) is 3.34. The Morgan fingerprint density at radius 3 is 2.59 bits per heavy atom. The molecule has 0 radical (unpaired) electrons. The fraction of sp³-hybridized carbons (Fsp3) is 0.263. The summed E-state index contributed by atoms with van der Waals surface area (Å²) >= 11 is 0. The summed E-state index contributed by atoms with van der Waals surface area (Å²) in [5, 5.41) is 4.30. The minimum atomic E-state index is 0.688. The van der Waals surface area contributed by atoms with Crippen LogP contribution in [0.1, 0.15) is 0 Å². The number of ether oxygens (including phenoxy) is 1. The van der Waals surface area contributed by atoms with E-state index in [4.69, 9.17) is 14.7 Å². The first kappa shape index (κ1) is 16.0. The molecule has 0 unspecified atom stereocenters. The van der Waals surface area contributed by atoms with Crippen LogP contribution in [0.4, 0.5) is 5.95 Å². The Labute approximate surface area is 155 Å². The van der Waals surface area contributed by atoms with Crippen molar-refractivity contribution in [2.24, 2.45) is 7.05 Å². The molecule has 4 aromatic heterocycles. The van der Waals surface area contributed by atoms with E-state index in [0.29, 0.717) is 13.2 Å². The van der Waals surface area contributed by atoms with Crippen LogP contribution in [-0.4, -0.2) is 56.0 Å². The smallest absolute Gasteiger partial charge is 0.226 e. The summed E-state index contributed by atoms with van der Waals surface area (Å²) in [7, 11) is 1.93. The van der Waals surface area contributed by atoms with Gasteiger partial charge in [-0.3, -0.25) is 9.67 Å². The maximum atomic E-state index is 5.48. The number of morpholine rings is 1. The second kappa shape index (κ2) is 6.48. The molecule has 0 atom stereocenters. The van der Waals surface area contributed by atoms with Crippen LogP contribution in [0.5, 0.6) is 0 Å². The zero-order valence-electron chi connectivity index (χ0n) is 15.0. The number of aryl methyl sites for hydroxylation is 1. The monoisotopic (exact) mass is 361 g/mol. The fourth-order valence-electron chi connectivity index (χ4n) is 3.45. The maximum Gasteiger partial charge on any atom is 0.226 e. The molecular weight excluding hydrogens is 342 g/mol. The highest BCUT2D eigenvalue weighted by Gasteiger charge is 2.21. The summed E-state index contributed by atoms with van der Waals surface area (Å²) in [6, 6.07) is 5.93. The summed E-state index contributed by atoms with van der Waals surface area (Å²) in [4.78, 5) is 19.5. The minimum absolute atomic E-state index is 0.688. The van der Waals surface area contributed by atoms with Crippen molar-refractivity contribution < 1.29 is 4.74 Å². The van der Waals surface area contributed by atoms with Gasteiger partial charge in [0, 0.05) is 56.1 Å². The molecule has 0 aliphatic carbocycles. The molecule has 4 aromatic rings. The third-order valence-electron chi connectivity index (χ3n) is 4.86. The number of aromatic amines is 1. The van der Waals surface area contributed by atoms with E-state index in [2.05, 4.69) is 20.0 Å². The van der Waals surface area contributed by atoms with Gasteiger partial charge in [0.15, 0.2) is 0 Å². The molecule has 8 heteroatoms. The molecule has 1 aliphatic rings. The summed E-state index contributed by atoms with van der Waals surface area (Å²) in [5.41, 5.74) is 5.70. The van der Waals surface area contributed by atoms with E-state index in [1.54, 1.807) is 18.6 Å². The van der Waals surface area contributed by atoms with E-state index >= 15 is 0 Å². The number of nitrogens with one attached hydrogen (secondary N) is 1. The lowest BCUT2D eigenvalue weighted by atomic mass is 10.1. The predicted octanol–water partition coefficient (Wildman–Crippen LogP) is 2.26. The van der Waals surface area contributed by atoms with Crippen molar-refractivity contribution in [2.45, 2.75) is 0 Å². The predicted molar refractivity (Wildman–Crippen MR) is 102 cm³/mol. The number of anilines is 1. The summed E-state index contributed by atoms with van der Waals surface area (Å²) in [6.45, 7) is 2.95. The Morgan fingerprint density at radius 1 is 1.04 bits per heavy atom. The molecule has 0 bridgehead atoms. The number of hydrogen-bond donors (Lipinski definition) is 1. The lowest BCUT2D eigenvalue weighted by Gasteiger charge is -2.27. The number of aromatic nitrogens is 6. The van der Waals surface area contributed by atoms with Crippen LogP contribution in [0.2, 0.25) is 0 Å². The number of nitrogens with zero attached hydrogens (tertiary/aromatic N) is 6. The van der Waals surface area contributed by atoms with Crippen LogP contribution in [0, 0.1) is 0 Å². The van der Waals surface area contributed by atoms with E-state index in [1.165, 1.54) is 0 Å². The Bertz CT molecular complexity index is 1080. The summed E-state index contributed by atoms with van der Waals surface area (Å²) < 4.78 is 7.34. The summed E-state index contributed by atoms with van der Waals surface area (Å²) in [5.74, 6) is 0.723. The lowest BCUT2D eigenvalue weighted by molar-refractivity contribution is 0.122. The number of H-pyrrole nitrogens is 1. The van der Waals surface area contributed by atoms with Crippen LogP contribution in [0.25, 0.3) is 33.5 Å². The van der Waals surface area contributed by atoms with Crippen molar-refractivity contribution in [3.05, 3.63) is 43.0 Å². The van der Waals surface area contributed by atoms with Gasteiger partial charge < -0.3 is 14.6 Å². The Balaban J connectivity index is 1.75. The second-order valence-electron chi connectivity index (χ2n) is 6.47. The Hall–Kier alpha value is -3.26. The molecule has 8 nitrogen and oxygen atoms in total. The third-order valence-corrected chi connectivity index (χ3v) is 4.86. The molecule has 5 heterocycles. The first-order valence-corrected chi connectivity index (χ1v) is 8.92. The van der Waals surface area contributed by atoms with E-state index in [0.717, 1.165) is 52.6 Å². The molecule has 0 spiro atoms. The molecule has 0 aromatic carbocycles. The topological polar surface area (TPSA) is 84.8 Å². The van der Waals surface area contributed by atoms with E-state index in [-0.39, 0.29) is 0 Å². The van der Waals surface area contributed by atoms with Crippen molar-refractivity contribution in [3.8, 4) is 22.5 Å². The van der Waals surface area contributed by atoms with Gasteiger partial charge in [0.1, 0.15) is 11.2 Å². The lowest BCUT2D eigenvalue weighted by Crippen LogP contribution is -2.37. The molecule has 0 amide bonds. The quantitative estimate of drug-likeness (QED) is 0.602. The molecule has 136 valence electrons. The van der Waals surface area contributed by atoms with Gasteiger partial charge in [-0.2, -0.15) is 5.10 Å². The first-order chi connectivity index (χ1) is 13.3. The first-order valence-electron chi connectivity index (χ1n) is 8.92. The van der Waals surface area contributed by atoms with Crippen LogP contribution < -0.4 is 4.90 Å². The second-order valence-corrected chi connectivity index (χ2v) is 6.47. The van der Waals surface area contributed by atoms with Gasteiger partial charge in [-0.1, -0.05) is 0 Å². The van der Waals surface area contributed by atoms with Gasteiger partial charge in [-0.05, 0) is 18.2 Å². The molecular formula is C19H19N7O. The molecule has 1 fully saturated rings. The fourth-order valence-corrected chi connectivity index (χ4v) is 3.45. The van der Waals surface area contributed by atoms with Gasteiger partial charge in [0.05, 0.1) is 24.4 Å². The molecule has 27 heavy (non-hydrogen) atoms. The van der Waals surface area contributed by atoms with E-state index in [9.17, 15) is 0 Å². The van der Waals surface area contributed by atoms with E-state index in [1.807, 2.05) is 36.1 Å². The zero-order chi connectivity index (χ0) is 18.2. The van der Waals surface area contributed by atoms with E-state index < -0.39 is 0 Å². The van der Waals surface area contributed by atoms with Crippen LogP contribution in [0.15, 0.2) is 43.0 Å². The molecule has 1 aliphatic heterocycles. The SMILES string of the molecule is Cn1nccc1-c1c[nH]c2c(-c3ccncc3)nc(N3CCOCC3)nc12. The highest BCUT2D eigenvalue weighted by Crippen LogP contribution is 2.33. The van der Waals surface area contributed by atoms with Crippen molar-refractivity contribution in [1.29, 1.82) is 0 Å². The maximum absolute atomic E-state index is 5.48. The van der Waals surface area contributed by atoms with Crippen molar-refractivity contribution >= 4 is 17.0 Å². The van der Waals surface area contributed by atoms with Gasteiger partial charge in [-0.15, -0.1) is 0 Å². The molecule has 1 N–H and O–H groups in total. The van der Waals surface area contributed by atoms with Crippen LogP contribution in [-0.2, 0) is 11.8 Å². The number of rotatable bonds is 3. The highest BCUT2D eigenvalue weighted by molar-refractivity contribution is 5.99. The van der Waals surface area contributed by atoms with Gasteiger partial charge in [0.25, 0.3) is 0 Å². The Morgan fingerprint density at radius 2 is 1.85 bits per heavy atom. The zero-order valence-corrected chi connectivity index (χ0v) is 15.0.